The highest BCUT2D eigenvalue weighted by atomic mass is 32.2. The third-order valence-electron chi connectivity index (χ3n) is 4.28. The predicted molar refractivity (Wildman–Crippen MR) is 85.4 cm³/mol. The second kappa shape index (κ2) is 5.00. The van der Waals surface area contributed by atoms with Crippen molar-refractivity contribution in [1.82, 2.24) is 0 Å². The highest BCUT2D eigenvalue weighted by Gasteiger charge is 2.52. The first-order valence-electron chi connectivity index (χ1n) is 6.84. The molecule has 21 heavy (non-hydrogen) atoms. The summed E-state index contributed by atoms with van der Waals surface area (Å²) in [5.41, 5.74) is 0.352. The molecule has 0 unspecified atom stereocenters. The van der Waals surface area contributed by atoms with Crippen molar-refractivity contribution in [2.45, 2.75) is 38.9 Å². The molecule has 2 rings (SSSR count). The molecule has 0 bridgehead atoms. The summed E-state index contributed by atoms with van der Waals surface area (Å²) in [5.74, 6) is 0. The molecule has 5 nitrogen and oxygen atoms in total. The minimum Gasteiger partial charge on any atom is -0.399 e. The van der Waals surface area contributed by atoms with Crippen LogP contribution >= 0.6 is 0 Å². The van der Waals surface area contributed by atoms with Gasteiger partial charge in [0.15, 0.2) is 0 Å². The summed E-state index contributed by atoms with van der Waals surface area (Å²) in [6.45, 7) is 7.87. The largest absolute Gasteiger partial charge is 0.497 e. The third-order valence-corrected chi connectivity index (χ3v) is 5.47. The molecule has 0 amide bonds. The van der Waals surface area contributed by atoms with Crippen molar-refractivity contribution in [3.8, 4) is 0 Å². The number of hydrogen-bond acceptors (Lipinski definition) is 4. The molecule has 1 aromatic carbocycles. The number of anilines is 1. The fraction of sp³-hybridized carbons (Fsp3) is 0.571. The Bertz CT molecular complexity index is 626. The van der Waals surface area contributed by atoms with Crippen molar-refractivity contribution in [3.63, 3.8) is 0 Å². The highest BCUT2D eigenvalue weighted by molar-refractivity contribution is 7.92. The van der Waals surface area contributed by atoms with Gasteiger partial charge in [-0.25, -0.2) is 8.42 Å². The van der Waals surface area contributed by atoms with Gasteiger partial charge in [-0.2, -0.15) is 0 Å². The van der Waals surface area contributed by atoms with Crippen LogP contribution in [0.5, 0.6) is 0 Å². The molecule has 1 aromatic rings. The van der Waals surface area contributed by atoms with E-state index in [0.29, 0.717) is 11.2 Å². The van der Waals surface area contributed by atoms with E-state index in [1.54, 1.807) is 12.1 Å². The topological polar surface area (TPSA) is 55.8 Å². The molecule has 7 heteroatoms. The van der Waals surface area contributed by atoms with Crippen LogP contribution in [-0.4, -0.2) is 40.0 Å². The van der Waals surface area contributed by atoms with Gasteiger partial charge in [-0.3, -0.25) is 4.31 Å². The minimum absolute atomic E-state index is 0.464. The van der Waals surface area contributed by atoms with Crippen LogP contribution in [0.25, 0.3) is 0 Å². The van der Waals surface area contributed by atoms with Gasteiger partial charge in [0.05, 0.1) is 23.1 Å². The number of hydrogen-bond donors (Lipinski definition) is 0. The molecule has 0 aromatic heterocycles. The zero-order valence-corrected chi connectivity index (χ0v) is 14.2. The molecule has 1 heterocycles. The minimum atomic E-state index is -3.34. The number of para-hydroxylation sites is 1. The van der Waals surface area contributed by atoms with Gasteiger partial charge >= 0.3 is 7.12 Å². The first-order chi connectivity index (χ1) is 9.46. The molecular formula is C14H22BNO4S. The molecule has 0 aliphatic carbocycles. The Morgan fingerprint density at radius 3 is 2.00 bits per heavy atom. The molecule has 0 saturated carbocycles. The maximum Gasteiger partial charge on any atom is 0.497 e. The van der Waals surface area contributed by atoms with Crippen molar-refractivity contribution < 1.29 is 17.7 Å². The zero-order valence-electron chi connectivity index (χ0n) is 13.4. The summed E-state index contributed by atoms with van der Waals surface area (Å²) in [5, 5.41) is 0. The monoisotopic (exact) mass is 311 g/mol. The fourth-order valence-corrected chi connectivity index (χ4v) is 2.65. The van der Waals surface area contributed by atoms with E-state index < -0.39 is 28.3 Å². The van der Waals surface area contributed by atoms with Gasteiger partial charge in [0.2, 0.25) is 10.0 Å². The average molecular weight is 311 g/mol. The zero-order chi connectivity index (χ0) is 16.1. The van der Waals surface area contributed by atoms with Gasteiger partial charge in [0.1, 0.15) is 0 Å². The normalized spacial score (nSPS) is 20.6. The van der Waals surface area contributed by atoms with Gasteiger partial charge in [-0.15, -0.1) is 0 Å². The van der Waals surface area contributed by atoms with Crippen LogP contribution in [0, 0.1) is 0 Å². The van der Waals surface area contributed by atoms with Crippen LogP contribution in [0.3, 0.4) is 0 Å². The smallest absolute Gasteiger partial charge is 0.399 e. The lowest BCUT2D eigenvalue weighted by molar-refractivity contribution is 0.00578. The Balaban J connectivity index is 2.44. The molecule has 1 saturated heterocycles. The number of benzene rings is 1. The van der Waals surface area contributed by atoms with E-state index in [1.165, 1.54) is 17.6 Å². The molecule has 0 atom stereocenters. The fourth-order valence-electron chi connectivity index (χ4n) is 2.12. The maximum absolute atomic E-state index is 11.8. The standard InChI is InChI=1S/C14H22BNO4S/c1-13(2)14(3,4)20-15(19-13)11-9-7-8-10-12(11)16(5)21(6,17)18/h7-10H,1-6H3. The Morgan fingerprint density at radius 2 is 1.52 bits per heavy atom. The summed E-state index contributed by atoms with van der Waals surface area (Å²) in [4.78, 5) is 0. The highest BCUT2D eigenvalue weighted by Crippen LogP contribution is 2.37. The van der Waals surface area contributed by atoms with Gasteiger partial charge in [-0.05, 0) is 33.8 Å². The molecule has 0 radical (unpaired) electrons. The van der Waals surface area contributed by atoms with Crippen LogP contribution in [0.4, 0.5) is 5.69 Å². The Hall–Kier alpha value is -1.05. The number of nitrogens with zero attached hydrogens (tertiary/aromatic N) is 1. The summed E-state index contributed by atoms with van der Waals surface area (Å²) in [6.07, 6.45) is 1.17. The lowest BCUT2D eigenvalue weighted by atomic mass is 9.78. The summed E-state index contributed by atoms with van der Waals surface area (Å²) < 4.78 is 36.9. The second-order valence-corrected chi connectivity index (χ2v) is 8.39. The SMILES string of the molecule is CN(c1ccccc1B1OC(C)(C)C(C)(C)O1)S(C)(=O)=O. The molecule has 116 valence electrons. The maximum atomic E-state index is 11.8. The summed E-state index contributed by atoms with van der Waals surface area (Å²) >= 11 is 0. The Morgan fingerprint density at radius 1 is 1.05 bits per heavy atom. The molecule has 1 aliphatic heterocycles. The average Bonchev–Trinajstić information content (AvgIpc) is 2.56. The molecule has 0 spiro atoms. The van der Waals surface area contributed by atoms with Crippen molar-refractivity contribution in [3.05, 3.63) is 24.3 Å². The van der Waals surface area contributed by atoms with E-state index in [9.17, 15) is 8.42 Å². The van der Waals surface area contributed by atoms with E-state index in [2.05, 4.69) is 0 Å². The lowest BCUT2D eigenvalue weighted by Crippen LogP contribution is -2.41. The van der Waals surface area contributed by atoms with Gasteiger partial charge in [0, 0.05) is 12.5 Å². The first-order valence-corrected chi connectivity index (χ1v) is 8.69. The molecule has 1 fully saturated rings. The van der Waals surface area contributed by atoms with Crippen molar-refractivity contribution >= 4 is 28.3 Å². The molecule has 1 aliphatic rings. The van der Waals surface area contributed by atoms with Crippen LogP contribution in [0.1, 0.15) is 27.7 Å². The van der Waals surface area contributed by atoms with Crippen molar-refractivity contribution in [2.75, 3.05) is 17.6 Å². The van der Waals surface area contributed by atoms with E-state index in [0.717, 1.165) is 0 Å². The first kappa shape index (κ1) is 16.3. The molecular weight excluding hydrogens is 289 g/mol. The van der Waals surface area contributed by atoms with Crippen LogP contribution in [0.2, 0.25) is 0 Å². The van der Waals surface area contributed by atoms with E-state index in [1.807, 2.05) is 39.8 Å². The van der Waals surface area contributed by atoms with E-state index in [4.69, 9.17) is 9.31 Å². The van der Waals surface area contributed by atoms with Crippen LogP contribution < -0.4 is 9.77 Å². The van der Waals surface area contributed by atoms with Crippen LogP contribution in [-0.2, 0) is 19.3 Å². The second-order valence-electron chi connectivity index (χ2n) is 6.38. The Labute approximate surface area is 127 Å². The van der Waals surface area contributed by atoms with Gasteiger partial charge in [-0.1, -0.05) is 18.2 Å². The third kappa shape index (κ3) is 2.95. The number of sulfonamides is 1. The summed E-state index contributed by atoms with van der Waals surface area (Å²) in [7, 11) is -2.40. The summed E-state index contributed by atoms with van der Waals surface area (Å²) in [6, 6.07) is 7.23. The quantitative estimate of drug-likeness (QED) is 0.792. The Kier molecular flexibility index (Phi) is 3.89. The van der Waals surface area contributed by atoms with Crippen LogP contribution in [0.15, 0.2) is 24.3 Å². The van der Waals surface area contributed by atoms with Gasteiger partial charge < -0.3 is 9.31 Å². The van der Waals surface area contributed by atoms with Crippen molar-refractivity contribution in [1.29, 1.82) is 0 Å². The number of rotatable bonds is 3. The molecule has 0 N–H and O–H groups in total. The predicted octanol–water partition coefficient (Wildman–Crippen LogP) is 1.38. The van der Waals surface area contributed by atoms with Crippen molar-refractivity contribution in [2.24, 2.45) is 0 Å². The lowest BCUT2D eigenvalue weighted by Gasteiger charge is -2.32. The van der Waals surface area contributed by atoms with E-state index in [-0.39, 0.29) is 0 Å². The van der Waals surface area contributed by atoms with Gasteiger partial charge in [0.25, 0.3) is 0 Å². The van der Waals surface area contributed by atoms with E-state index >= 15 is 0 Å².